The van der Waals surface area contributed by atoms with Gasteiger partial charge in [0, 0.05) is 17.7 Å². The molecule has 7 nitrogen and oxygen atoms in total. The molecule has 2 aromatic rings. The van der Waals surface area contributed by atoms with Gasteiger partial charge >= 0.3 is 0 Å². The maximum Gasteiger partial charge on any atom is 0.276 e. The van der Waals surface area contributed by atoms with Crippen LogP contribution in [0.3, 0.4) is 0 Å². The Morgan fingerprint density at radius 2 is 1.72 bits per heavy atom. The lowest BCUT2D eigenvalue weighted by atomic mass is 9.99. The topological polar surface area (TPSA) is 96.5 Å². The van der Waals surface area contributed by atoms with Crippen LogP contribution in [-0.4, -0.2) is 24.3 Å². The minimum Gasteiger partial charge on any atom is -0.483 e. The minimum atomic E-state index is -0.490. The van der Waals surface area contributed by atoms with E-state index in [1.54, 1.807) is 24.3 Å². The molecular formula is C24H30BrN3O4. The first-order valence-corrected chi connectivity index (χ1v) is 11.5. The van der Waals surface area contributed by atoms with Gasteiger partial charge in [-0.15, -0.1) is 0 Å². The summed E-state index contributed by atoms with van der Waals surface area (Å²) >= 11 is 3.47. The zero-order valence-electron chi connectivity index (χ0n) is 18.7. The number of halogens is 1. The molecule has 172 valence electrons. The highest BCUT2D eigenvalue weighted by atomic mass is 79.9. The summed E-state index contributed by atoms with van der Waals surface area (Å²) in [6.45, 7) is 6.05. The van der Waals surface area contributed by atoms with Crippen molar-refractivity contribution in [2.24, 2.45) is 0 Å². The second kappa shape index (κ2) is 12.9. The summed E-state index contributed by atoms with van der Waals surface area (Å²) in [6.07, 6.45) is 3.28. The van der Waals surface area contributed by atoms with Crippen molar-refractivity contribution in [3.05, 3.63) is 58.1 Å². The van der Waals surface area contributed by atoms with Gasteiger partial charge in [0.2, 0.25) is 5.91 Å². The van der Waals surface area contributed by atoms with E-state index in [9.17, 15) is 14.4 Å². The predicted octanol–water partition coefficient (Wildman–Crippen LogP) is 4.93. The fourth-order valence-electron chi connectivity index (χ4n) is 2.82. The number of ether oxygens (including phenoxy) is 1. The van der Waals surface area contributed by atoms with E-state index in [1.165, 1.54) is 5.56 Å². The summed E-state index contributed by atoms with van der Waals surface area (Å²) in [4.78, 5) is 36.0. The van der Waals surface area contributed by atoms with Crippen LogP contribution in [0.25, 0.3) is 0 Å². The monoisotopic (exact) mass is 503 g/mol. The first kappa shape index (κ1) is 25.4. The minimum absolute atomic E-state index is 0.0579. The number of carbonyl (C=O) groups is 3. The molecule has 1 unspecified atom stereocenters. The number of rotatable bonds is 10. The molecule has 0 heterocycles. The number of unbranched alkanes of at least 4 members (excludes halogenated alkanes) is 1. The van der Waals surface area contributed by atoms with Crippen molar-refractivity contribution in [1.29, 1.82) is 0 Å². The van der Waals surface area contributed by atoms with Crippen LogP contribution in [0.5, 0.6) is 5.75 Å². The van der Waals surface area contributed by atoms with E-state index < -0.39 is 11.8 Å². The highest BCUT2D eigenvalue weighted by Crippen LogP contribution is 2.30. The van der Waals surface area contributed by atoms with Gasteiger partial charge in [-0.25, -0.2) is 0 Å². The maximum atomic E-state index is 12.2. The lowest BCUT2D eigenvalue weighted by Crippen LogP contribution is -2.43. The molecule has 3 amide bonds. The van der Waals surface area contributed by atoms with Crippen molar-refractivity contribution in [1.82, 2.24) is 10.9 Å². The molecule has 0 saturated carbocycles. The largest absolute Gasteiger partial charge is 0.483 e. The number of hydrogen-bond acceptors (Lipinski definition) is 4. The predicted molar refractivity (Wildman–Crippen MR) is 129 cm³/mol. The third-order valence-corrected chi connectivity index (χ3v) is 5.62. The summed E-state index contributed by atoms with van der Waals surface area (Å²) in [5.74, 6) is -0.0322. The van der Waals surface area contributed by atoms with Crippen LogP contribution in [0, 0.1) is 0 Å². The van der Waals surface area contributed by atoms with Crippen LogP contribution < -0.4 is 20.9 Å². The molecule has 2 rings (SSSR count). The first-order valence-electron chi connectivity index (χ1n) is 10.7. The van der Waals surface area contributed by atoms with Crippen LogP contribution in [0.1, 0.15) is 68.3 Å². The number of nitrogens with one attached hydrogen (secondary N) is 3. The molecule has 0 spiro atoms. The standard InChI is InChI=1S/C24H30BrN3O4/c1-4-6-7-22(29)26-19-11-8-17(9-12-19)24(31)28-27-23(30)15-32-21-13-10-18(14-20(21)25)16(3)5-2/h8-14,16H,4-7,15H2,1-3H3,(H,26,29)(H,27,30)(H,28,31). The van der Waals surface area contributed by atoms with E-state index in [0.717, 1.165) is 23.7 Å². The molecule has 0 saturated heterocycles. The number of anilines is 1. The van der Waals surface area contributed by atoms with Crippen molar-refractivity contribution >= 4 is 39.3 Å². The third kappa shape index (κ3) is 8.00. The molecule has 1 atom stereocenters. The van der Waals surface area contributed by atoms with Crippen LogP contribution in [0.4, 0.5) is 5.69 Å². The van der Waals surface area contributed by atoms with E-state index in [0.29, 0.717) is 29.3 Å². The van der Waals surface area contributed by atoms with E-state index in [1.807, 2.05) is 25.1 Å². The Morgan fingerprint density at radius 1 is 1.00 bits per heavy atom. The molecule has 0 radical (unpaired) electrons. The van der Waals surface area contributed by atoms with E-state index in [2.05, 4.69) is 45.9 Å². The Hall–Kier alpha value is -2.87. The molecule has 0 aliphatic heterocycles. The van der Waals surface area contributed by atoms with Gasteiger partial charge in [-0.3, -0.25) is 25.2 Å². The molecule has 8 heteroatoms. The summed E-state index contributed by atoms with van der Waals surface area (Å²) in [5, 5.41) is 2.78. The summed E-state index contributed by atoms with van der Waals surface area (Å²) in [6, 6.07) is 12.2. The van der Waals surface area contributed by atoms with Gasteiger partial charge in [-0.1, -0.05) is 33.3 Å². The third-order valence-electron chi connectivity index (χ3n) is 5.00. The Balaban J connectivity index is 1.79. The van der Waals surface area contributed by atoms with Crippen molar-refractivity contribution < 1.29 is 19.1 Å². The van der Waals surface area contributed by atoms with Crippen molar-refractivity contribution in [3.8, 4) is 5.75 Å². The smallest absolute Gasteiger partial charge is 0.276 e. The number of amides is 3. The number of hydrogen-bond donors (Lipinski definition) is 3. The SMILES string of the molecule is CCCCC(=O)Nc1ccc(C(=O)NNC(=O)COc2ccc(C(C)CC)cc2Br)cc1. The van der Waals surface area contributed by atoms with Crippen molar-refractivity contribution in [2.45, 2.75) is 52.4 Å². The quantitative estimate of drug-likeness (QED) is 0.400. The molecule has 32 heavy (non-hydrogen) atoms. The summed E-state index contributed by atoms with van der Waals surface area (Å²) in [7, 11) is 0. The van der Waals surface area contributed by atoms with E-state index in [-0.39, 0.29) is 12.5 Å². The molecule has 0 fully saturated rings. The van der Waals surface area contributed by atoms with Crippen LogP contribution >= 0.6 is 15.9 Å². The molecule has 2 aromatic carbocycles. The molecule has 0 aromatic heterocycles. The second-order valence-electron chi connectivity index (χ2n) is 7.52. The fourth-order valence-corrected chi connectivity index (χ4v) is 3.33. The van der Waals surface area contributed by atoms with Crippen molar-refractivity contribution in [3.63, 3.8) is 0 Å². The number of benzene rings is 2. The highest BCUT2D eigenvalue weighted by molar-refractivity contribution is 9.10. The van der Waals surface area contributed by atoms with Crippen LogP contribution in [0.15, 0.2) is 46.9 Å². The van der Waals surface area contributed by atoms with Crippen molar-refractivity contribution in [2.75, 3.05) is 11.9 Å². The van der Waals surface area contributed by atoms with Gasteiger partial charge < -0.3 is 10.1 Å². The van der Waals surface area contributed by atoms with Gasteiger partial charge in [0.25, 0.3) is 11.8 Å². The van der Waals surface area contributed by atoms with Gasteiger partial charge in [-0.05, 0) is 76.7 Å². The van der Waals surface area contributed by atoms with Crippen LogP contribution in [-0.2, 0) is 9.59 Å². The van der Waals surface area contributed by atoms with E-state index >= 15 is 0 Å². The number of carbonyl (C=O) groups excluding carboxylic acids is 3. The lowest BCUT2D eigenvalue weighted by molar-refractivity contribution is -0.123. The molecular weight excluding hydrogens is 474 g/mol. The fraction of sp³-hybridized carbons (Fsp3) is 0.375. The Bertz CT molecular complexity index is 931. The Kier molecular flexibility index (Phi) is 10.2. The average Bonchev–Trinajstić information content (AvgIpc) is 2.80. The van der Waals surface area contributed by atoms with Gasteiger partial charge in [0.05, 0.1) is 4.47 Å². The van der Waals surface area contributed by atoms with E-state index in [4.69, 9.17) is 4.74 Å². The molecule has 0 aliphatic rings. The Labute approximate surface area is 197 Å². The average molecular weight is 504 g/mol. The van der Waals surface area contributed by atoms with Crippen LogP contribution in [0.2, 0.25) is 0 Å². The maximum absolute atomic E-state index is 12.2. The first-order chi connectivity index (χ1) is 15.3. The molecule has 0 aliphatic carbocycles. The summed E-state index contributed by atoms with van der Waals surface area (Å²) < 4.78 is 6.31. The molecule has 0 bridgehead atoms. The van der Waals surface area contributed by atoms with Gasteiger partial charge in [-0.2, -0.15) is 0 Å². The second-order valence-corrected chi connectivity index (χ2v) is 8.37. The normalized spacial score (nSPS) is 11.4. The van der Waals surface area contributed by atoms with Gasteiger partial charge in [0.1, 0.15) is 5.75 Å². The molecule has 3 N–H and O–H groups in total. The lowest BCUT2D eigenvalue weighted by Gasteiger charge is -2.13. The zero-order chi connectivity index (χ0) is 23.5. The van der Waals surface area contributed by atoms with Gasteiger partial charge in [0.15, 0.2) is 6.61 Å². The highest BCUT2D eigenvalue weighted by Gasteiger charge is 2.11. The number of hydrazine groups is 1. The summed E-state index contributed by atoms with van der Waals surface area (Å²) in [5.41, 5.74) is 6.84. The zero-order valence-corrected chi connectivity index (χ0v) is 20.3. The Morgan fingerprint density at radius 3 is 2.34 bits per heavy atom.